The highest BCUT2D eigenvalue weighted by Crippen LogP contribution is 2.32. The molecule has 3 rings (SSSR count). The van der Waals surface area contributed by atoms with E-state index >= 15 is 0 Å². The maximum atomic E-state index is 12.8. The van der Waals surface area contributed by atoms with Gasteiger partial charge in [0, 0.05) is 6.54 Å². The van der Waals surface area contributed by atoms with Crippen LogP contribution in [0.4, 0.5) is 4.79 Å². The van der Waals surface area contributed by atoms with Gasteiger partial charge in [0.25, 0.3) is 5.91 Å². The number of nitrogens with zero attached hydrogens (tertiary/aromatic N) is 1. The molecule has 0 bridgehead atoms. The third kappa shape index (κ3) is 2.55. The van der Waals surface area contributed by atoms with E-state index in [-0.39, 0.29) is 11.9 Å². The Morgan fingerprint density at radius 1 is 1.10 bits per heavy atom. The van der Waals surface area contributed by atoms with Gasteiger partial charge in [0.2, 0.25) is 0 Å². The number of carbonyl (C=O) groups excluding carboxylic acids is 2. The maximum Gasteiger partial charge on any atom is 0.325 e. The Morgan fingerprint density at radius 3 is 2.45 bits per heavy atom. The van der Waals surface area contributed by atoms with E-state index in [4.69, 9.17) is 0 Å². The van der Waals surface area contributed by atoms with Gasteiger partial charge in [-0.05, 0) is 38.3 Å². The summed E-state index contributed by atoms with van der Waals surface area (Å²) in [6.45, 7) is 2.50. The molecule has 1 spiro atoms. The Hall–Kier alpha value is -1.10. The summed E-state index contributed by atoms with van der Waals surface area (Å²) in [5.41, 5.74) is -0.580. The van der Waals surface area contributed by atoms with Crippen molar-refractivity contribution in [2.75, 3.05) is 19.6 Å². The monoisotopic (exact) mass is 279 g/mol. The Balaban J connectivity index is 1.70. The molecule has 20 heavy (non-hydrogen) atoms. The van der Waals surface area contributed by atoms with Crippen LogP contribution < -0.4 is 10.6 Å². The van der Waals surface area contributed by atoms with Crippen LogP contribution in [0.3, 0.4) is 0 Å². The largest absolute Gasteiger partial charge is 0.325 e. The maximum absolute atomic E-state index is 12.8. The normalized spacial score (nSPS) is 30.4. The SMILES string of the molecule is O=C1NC2(CCCCCCC2)C(=O)N1CC1CCNC1. The minimum Gasteiger partial charge on any atom is -0.323 e. The molecule has 0 aromatic rings. The van der Waals surface area contributed by atoms with E-state index in [0.29, 0.717) is 12.5 Å². The smallest absolute Gasteiger partial charge is 0.323 e. The lowest BCUT2D eigenvalue weighted by molar-refractivity contribution is -0.132. The lowest BCUT2D eigenvalue weighted by Gasteiger charge is -2.28. The van der Waals surface area contributed by atoms with Gasteiger partial charge in [-0.25, -0.2) is 4.79 Å². The second-order valence-electron chi connectivity index (χ2n) is 6.55. The lowest BCUT2D eigenvalue weighted by atomic mass is 9.84. The average molecular weight is 279 g/mol. The van der Waals surface area contributed by atoms with Crippen molar-refractivity contribution >= 4 is 11.9 Å². The first-order valence-corrected chi connectivity index (χ1v) is 8.06. The summed E-state index contributed by atoms with van der Waals surface area (Å²) >= 11 is 0. The molecule has 0 radical (unpaired) electrons. The highest BCUT2D eigenvalue weighted by atomic mass is 16.2. The van der Waals surface area contributed by atoms with Crippen LogP contribution in [0, 0.1) is 5.92 Å². The quantitative estimate of drug-likeness (QED) is 0.755. The molecule has 3 aliphatic rings. The number of rotatable bonds is 2. The van der Waals surface area contributed by atoms with Gasteiger partial charge in [-0.15, -0.1) is 0 Å². The molecule has 5 nitrogen and oxygen atoms in total. The van der Waals surface area contributed by atoms with Crippen LogP contribution in [-0.2, 0) is 4.79 Å². The zero-order chi connectivity index (χ0) is 14.0. The van der Waals surface area contributed by atoms with Crippen LogP contribution in [-0.4, -0.2) is 42.0 Å². The summed E-state index contributed by atoms with van der Waals surface area (Å²) in [5, 5.41) is 6.32. The number of urea groups is 1. The molecule has 2 aliphatic heterocycles. The molecular weight excluding hydrogens is 254 g/mol. The topological polar surface area (TPSA) is 61.4 Å². The van der Waals surface area contributed by atoms with Crippen molar-refractivity contribution in [3.8, 4) is 0 Å². The minimum absolute atomic E-state index is 0.0382. The van der Waals surface area contributed by atoms with E-state index in [1.165, 1.54) is 24.2 Å². The van der Waals surface area contributed by atoms with Crippen LogP contribution in [0.25, 0.3) is 0 Å². The van der Waals surface area contributed by atoms with E-state index in [2.05, 4.69) is 10.6 Å². The summed E-state index contributed by atoms with van der Waals surface area (Å²) in [7, 11) is 0. The third-order valence-electron chi connectivity index (χ3n) is 5.06. The van der Waals surface area contributed by atoms with Crippen LogP contribution >= 0.6 is 0 Å². The number of hydrogen-bond donors (Lipinski definition) is 2. The molecule has 1 aliphatic carbocycles. The molecule has 1 unspecified atom stereocenters. The zero-order valence-corrected chi connectivity index (χ0v) is 12.1. The van der Waals surface area contributed by atoms with Gasteiger partial charge in [-0.2, -0.15) is 0 Å². The van der Waals surface area contributed by atoms with Crippen LogP contribution in [0.1, 0.15) is 51.4 Å². The van der Waals surface area contributed by atoms with Gasteiger partial charge in [-0.3, -0.25) is 9.69 Å². The number of nitrogens with one attached hydrogen (secondary N) is 2. The molecule has 5 heteroatoms. The number of hydrogen-bond acceptors (Lipinski definition) is 3. The van der Waals surface area contributed by atoms with E-state index in [0.717, 1.165) is 45.2 Å². The van der Waals surface area contributed by atoms with Gasteiger partial charge >= 0.3 is 6.03 Å². The molecule has 0 aromatic heterocycles. The third-order valence-corrected chi connectivity index (χ3v) is 5.06. The molecule has 2 N–H and O–H groups in total. The summed E-state index contributed by atoms with van der Waals surface area (Å²) in [4.78, 5) is 26.5. The van der Waals surface area contributed by atoms with Crippen LogP contribution in [0.15, 0.2) is 0 Å². The van der Waals surface area contributed by atoms with E-state index in [1.807, 2.05) is 0 Å². The first-order valence-electron chi connectivity index (χ1n) is 8.06. The average Bonchev–Trinajstić information content (AvgIpc) is 2.98. The Bertz CT molecular complexity index is 383. The van der Waals surface area contributed by atoms with Crippen molar-refractivity contribution in [2.24, 2.45) is 5.92 Å². The summed E-state index contributed by atoms with van der Waals surface area (Å²) in [6.07, 6.45) is 8.40. The molecule has 112 valence electrons. The summed E-state index contributed by atoms with van der Waals surface area (Å²) < 4.78 is 0. The predicted molar refractivity (Wildman–Crippen MR) is 76.3 cm³/mol. The fourth-order valence-corrected chi connectivity index (χ4v) is 3.82. The summed E-state index contributed by atoms with van der Waals surface area (Å²) in [5.74, 6) is 0.463. The number of imide groups is 1. The second kappa shape index (κ2) is 5.72. The van der Waals surface area contributed by atoms with Crippen molar-refractivity contribution in [3.05, 3.63) is 0 Å². The van der Waals surface area contributed by atoms with Gasteiger partial charge in [0.05, 0.1) is 0 Å². The van der Waals surface area contributed by atoms with E-state index in [9.17, 15) is 9.59 Å². The van der Waals surface area contributed by atoms with Crippen molar-refractivity contribution in [1.29, 1.82) is 0 Å². The molecule has 1 atom stereocenters. The molecule has 3 amide bonds. The Kier molecular flexibility index (Phi) is 3.96. The highest BCUT2D eigenvalue weighted by molar-refractivity contribution is 6.07. The Labute approximate surface area is 120 Å². The molecule has 2 saturated heterocycles. The lowest BCUT2D eigenvalue weighted by Crippen LogP contribution is -2.47. The minimum atomic E-state index is -0.580. The molecular formula is C15H25N3O2. The van der Waals surface area contributed by atoms with Crippen LogP contribution in [0.5, 0.6) is 0 Å². The van der Waals surface area contributed by atoms with E-state index < -0.39 is 5.54 Å². The zero-order valence-electron chi connectivity index (χ0n) is 12.1. The Morgan fingerprint density at radius 2 is 1.80 bits per heavy atom. The molecule has 1 saturated carbocycles. The molecule has 2 heterocycles. The standard InChI is InChI=1S/C15H25N3O2/c19-13-15(7-4-2-1-3-5-8-15)17-14(20)18(13)11-12-6-9-16-10-12/h12,16H,1-11H2,(H,17,20). The summed E-state index contributed by atoms with van der Waals surface area (Å²) in [6, 6.07) is -0.164. The van der Waals surface area contributed by atoms with Crippen molar-refractivity contribution in [2.45, 2.75) is 56.9 Å². The molecule has 3 fully saturated rings. The first-order chi connectivity index (χ1) is 9.71. The fraction of sp³-hybridized carbons (Fsp3) is 0.867. The van der Waals surface area contributed by atoms with Gasteiger partial charge in [-0.1, -0.05) is 32.1 Å². The number of carbonyl (C=O) groups is 2. The predicted octanol–water partition coefficient (Wildman–Crippen LogP) is 1.63. The first kappa shape index (κ1) is 13.9. The van der Waals surface area contributed by atoms with Gasteiger partial charge < -0.3 is 10.6 Å². The van der Waals surface area contributed by atoms with Crippen LogP contribution in [0.2, 0.25) is 0 Å². The van der Waals surface area contributed by atoms with E-state index in [1.54, 1.807) is 0 Å². The van der Waals surface area contributed by atoms with Crippen molar-refractivity contribution in [3.63, 3.8) is 0 Å². The number of amides is 3. The van der Waals surface area contributed by atoms with Crippen molar-refractivity contribution < 1.29 is 9.59 Å². The fourth-order valence-electron chi connectivity index (χ4n) is 3.82. The van der Waals surface area contributed by atoms with Gasteiger partial charge in [0.15, 0.2) is 0 Å². The van der Waals surface area contributed by atoms with Gasteiger partial charge in [0.1, 0.15) is 5.54 Å². The highest BCUT2D eigenvalue weighted by Gasteiger charge is 2.50. The molecule has 0 aromatic carbocycles. The van der Waals surface area contributed by atoms with Crippen molar-refractivity contribution in [1.82, 2.24) is 15.5 Å². The second-order valence-corrected chi connectivity index (χ2v) is 6.55.